The zero-order valence-electron chi connectivity index (χ0n) is 16.8. The lowest BCUT2D eigenvalue weighted by molar-refractivity contribution is -0.251. The highest BCUT2D eigenvalue weighted by molar-refractivity contribution is 4.87. The predicted molar refractivity (Wildman–Crippen MR) is 99.4 cm³/mol. The highest BCUT2D eigenvalue weighted by Crippen LogP contribution is 2.42. The molecule has 138 valence electrons. The van der Waals surface area contributed by atoms with E-state index in [1.54, 1.807) is 0 Å². The van der Waals surface area contributed by atoms with Crippen molar-refractivity contribution in [1.82, 2.24) is 0 Å². The van der Waals surface area contributed by atoms with Crippen LogP contribution in [0.15, 0.2) is 0 Å². The number of aliphatic hydroxyl groups excluding tert-OH is 1. The first kappa shape index (κ1) is 21.0. The minimum Gasteiger partial charge on any atom is -0.367 e. The number of hydrogen-bond donors (Lipinski definition) is 1. The van der Waals surface area contributed by atoms with Gasteiger partial charge in [0.15, 0.2) is 6.29 Å². The van der Waals surface area contributed by atoms with Gasteiger partial charge in [0.25, 0.3) is 0 Å². The van der Waals surface area contributed by atoms with Crippen LogP contribution in [0.2, 0.25) is 0 Å². The summed E-state index contributed by atoms with van der Waals surface area (Å²) in [5.74, 6) is 1.72. The third-order valence-corrected chi connectivity index (χ3v) is 6.51. The lowest BCUT2D eigenvalue weighted by Gasteiger charge is -2.45. The van der Waals surface area contributed by atoms with Crippen molar-refractivity contribution in [2.24, 2.45) is 23.2 Å². The van der Waals surface area contributed by atoms with Gasteiger partial charge >= 0.3 is 0 Å². The topological polar surface area (TPSA) is 29.5 Å². The van der Waals surface area contributed by atoms with Gasteiger partial charge in [-0.05, 0) is 50.9 Å². The Kier molecular flexibility index (Phi) is 8.07. The summed E-state index contributed by atoms with van der Waals surface area (Å²) >= 11 is 0. The van der Waals surface area contributed by atoms with Crippen LogP contribution in [0.3, 0.4) is 0 Å². The van der Waals surface area contributed by atoms with Crippen molar-refractivity contribution < 1.29 is 9.84 Å². The van der Waals surface area contributed by atoms with Crippen LogP contribution in [-0.4, -0.2) is 17.0 Å². The van der Waals surface area contributed by atoms with Gasteiger partial charge in [-0.3, -0.25) is 0 Å². The van der Waals surface area contributed by atoms with Crippen molar-refractivity contribution in [2.75, 3.05) is 0 Å². The van der Waals surface area contributed by atoms with Crippen molar-refractivity contribution in [3.05, 3.63) is 0 Å². The molecule has 0 spiro atoms. The molecule has 2 heteroatoms. The summed E-state index contributed by atoms with van der Waals surface area (Å²) in [5.41, 5.74) is -0.422. The molecule has 1 fully saturated rings. The van der Waals surface area contributed by atoms with E-state index in [1.165, 1.54) is 38.5 Å². The third kappa shape index (κ3) is 5.74. The molecule has 0 aromatic rings. The van der Waals surface area contributed by atoms with Crippen LogP contribution in [0.25, 0.3) is 0 Å². The lowest BCUT2D eigenvalue weighted by atomic mass is 9.73. The van der Waals surface area contributed by atoms with Crippen LogP contribution in [0.5, 0.6) is 0 Å². The Hall–Kier alpha value is -0.0800. The maximum atomic E-state index is 10.9. The van der Waals surface area contributed by atoms with Crippen molar-refractivity contribution in [3.8, 4) is 0 Å². The molecule has 1 rings (SSSR count). The first-order chi connectivity index (χ1) is 10.6. The second kappa shape index (κ2) is 8.85. The molecular weight excluding hydrogens is 284 g/mol. The molecule has 4 unspecified atom stereocenters. The minimum atomic E-state index is -0.682. The number of rotatable bonds is 7. The van der Waals surface area contributed by atoms with Gasteiger partial charge in [0.2, 0.25) is 0 Å². The maximum absolute atomic E-state index is 10.9. The van der Waals surface area contributed by atoms with Gasteiger partial charge in [-0.2, -0.15) is 0 Å². The van der Waals surface area contributed by atoms with Gasteiger partial charge in [-0.15, -0.1) is 0 Å². The second-order valence-corrected chi connectivity index (χ2v) is 9.16. The highest BCUT2D eigenvalue weighted by atomic mass is 16.6. The first-order valence-corrected chi connectivity index (χ1v) is 9.99. The Morgan fingerprint density at radius 1 is 1.09 bits per heavy atom. The smallest absolute Gasteiger partial charge is 0.160 e. The zero-order chi connectivity index (χ0) is 17.7. The summed E-state index contributed by atoms with van der Waals surface area (Å²) in [6.45, 7) is 15.5. The Labute approximate surface area is 145 Å². The summed E-state index contributed by atoms with van der Waals surface area (Å²) in [6.07, 6.45) is 9.23. The van der Waals surface area contributed by atoms with Crippen LogP contribution in [0, 0.1) is 23.2 Å². The fourth-order valence-corrected chi connectivity index (χ4v) is 4.17. The molecule has 0 saturated heterocycles. The minimum absolute atomic E-state index is 0.167. The molecule has 1 aliphatic carbocycles. The Morgan fingerprint density at radius 3 is 2.26 bits per heavy atom. The molecular formula is C21H42O2. The SMILES string of the molecule is CCCC(C)(C(C)C)C(O)OC(C)(C)C1CCCCCC(C)C1. The molecule has 1 N–H and O–H groups in total. The van der Waals surface area contributed by atoms with Crippen molar-refractivity contribution in [2.45, 2.75) is 112 Å². The van der Waals surface area contributed by atoms with Crippen molar-refractivity contribution in [3.63, 3.8) is 0 Å². The predicted octanol–water partition coefficient (Wildman–Crippen LogP) is 6.17. The van der Waals surface area contributed by atoms with E-state index in [2.05, 4.69) is 48.5 Å². The van der Waals surface area contributed by atoms with E-state index in [-0.39, 0.29) is 11.0 Å². The summed E-state index contributed by atoms with van der Waals surface area (Å²) in [7, 11) is 0. The van der Waals surface area contributed by atoms with Gasteiger partial charge in [0.05, 0.1) is 5.60 Å². The summed E-state index contributed by atoms with van der Waals surface area (Å²) in [6, 6.07) is 0. The van der Waals surface area contributed by atoms with E-state index in [0.29, 0.717) is 11.8 Å². The fraction of sp³-hybridized carbons (Fsp3) is 1.00. The molecule has 2 nitrogen and oxygen atoms in total. The quantitative estimate of drug-likeness (QED) is 0.567. The standard InChI is InChI=1S/C21H42O2/c1-8-14-21(7,16(2)3)19(22)23-20(5,6)18-13-11-9-10-12-17(4)15-18/h16-19,22H,8-15H2,1-7H3. The van der Waals surface area contributed by atoms with Gasteiger partial charge in [0.1, 0.15) is 0 Å². The molecule has 0 aliphatic heterocycles. The van der Waals surface area contributed by atoms with Crippen molar-refractivity contribution in [1.29, 1.82) is 0 Å². The lowest BCUT2D eigenvalue weighted by Crippen LogP contribution is -2.47. The molecule has 1 aliphatic rings. The van der Waals surface area contributed by atoms with E-state index in [1.807, 2.05) is 0 Å². The molecule has 4 atom stereocenters. The summed E-state index contributed by atoms with van der Waals surface area (Å²) in [5, 5.41) is 10.9. The summed E-state index contributed by atoms with van der Waals surface area (Å²) in [4.78, 5) is 0. The van der Waals surface area contributed by atoms with Crippen LogP contribution in [0.1, 0.15) is 99.8 Å². The van der Waals surface area contributed by atoms with Crippen LogP contribution >= 0.6 is 0 Å². The van der Waals surface area contributed by atoms with E-state index >= 15 is 0 Å². The molecule has 0 amide bonds. The van der Waals surface area contributed by atoms with E-state index < -0.39 is 6.29 Å². The molecule has 0 aromatic heterocycles. The molecule has 0 aromatic carbocycles. The highest BCUT2D eigenvalue weighted by Gasteiger charge is 2.41. The first-order valence-electron chi connectivity index (χ1n) is 9.99. The normalized spacial score (nSPS) is 28.0. The zero-order valence-corrected chi connectivity index (χ0v) is 16.8. The van der Waals surface area contributed by atoms with Crippen LogP contribution < -0.4 is 0 Å². The van der Waals surface area contributed by atoms with E-state index in [4.69, 9.17) is 4.74 Å². The number of ether oxygens (including phenoxy) is 1. The van der Waals surface area contributed by atoms with Crippen LogP contribution in [0.4, 0.5) is 0 Å². The van der Waals surface area contributed by atoms with Gasteiger partial charge in [-0.25, -0.2) is 0 Å². The largest absolute Gasteiger partial charge is 0.367 e. The number of hydrogen-bond acceptors (Lipinski definition) is 2. The second-order valence-electron chi connectivity index (χ2n) is 9.16. The number of aliphatic hydroxyl groups is 1. The molecule has 0 bridgehead atoms. The van der Waals surface area contributed by atoms with Gasteiger partial charge in [-0.1, -0.05) is 66.7 Å². The Balaban J connectivity index is 2.81. The van der Waals surface area contributed by atoms with Crippen molar-refractivity contribution >= 4 is 0 Å². The monoisotopic (exact) mass is 326 g/mol. The molecule has 0 radical (unpaired) electrons. The van der Waals surface area contributed by atoms with E-state index in [0.717, 1.165) is 18.8 Å². The molecule has 0 heterocycles. The maximum Gasteiger partial charge on any atom is 0.160 e. The average molecular weight is 327 g/mol. The average Bonchev–Trinajstić information content (AvgIpc) is 2.41. The Bertz CT molecular complexity index is 337. The van der Waals surface area contributed by atoms with E-state index in [9.17, 15) is 5.11 Å². The fourth-order valence-electron chi connectivity index (χ4n) is 4.17. The molecule has 1 saturated carbocycles. The van der Waals surface area contributed by atoms with Gasteiger partial charge in [0, 0.05) is 5.41 Å². The summed E-state index contributed by atoms with van der Waals surface area (Å²) < 4.78 is 6.36. The Morgan fingerprint density at radius 2 is 1.70 bits per heavy atom. The third-order valence-electron chi connectivity index (χ3n) is 6.51. The van der Waals surface area contributed by atoms with Crippen LogP contribution in [-0.2, 0) is 4.74 Å². The molecule has 23 heavy (non-hydrogen) atoms. The van der Waals surface area contributed by atoms with Gasteiger partial charge < -0.3 is 9.84 Å².